The number of carbonyl (C=O) groups excluding carboxylic acids is 3. The summed E-state index contributed by atoms with van der Waals surface area (Å²) in [6.45, 7) is 1.68. The molecule has 1 saturated heterocycles. The van der Waals surface area contributed by atoms with Crippen molar-refractivity contribution in [3.05, 3.63) is 53.6 Å². The van der Waals surface area contributed by atoms with Crippen molar-refractivity contribution in [2.45, 2.75) is 37.8 Å². The highest BCUT2D eigenvalue weighted by atomic mass is 16.7. The van der Waals surface area contributed by atoms with E-state index < -0.39 is 23.5 Å². The molecule has 2 atom stereocenters. The Kier molecular flexibility index (Phi) is 4.16. The van der Waals surface area contributed by atoms with Crippen molar-refractivity contribution >= 4 is 23.5 Å². The Morgan fingerprint density at radius 1 is 1.17 bits per heavy atom. The summed E-state index contributed by atoms with van der Waals surface area (Å²) >= 11 is 0. The van der Waals surface area contributed by atoms with Gasteiger partial charge in [-0.3, -0.25) is 9.59 Å². The van der Waals surface area contributed by atoms with Gasteiger partial charge in [-0.25, -0.2) is 9.69 Å². The van der Waals surface area contributed by atoms with Crippen molar-refractivity contribution < 1.29 is 23.9 Å². The lowest BCUT2D eigenvalue weighted by Gasteiger charge is -2.33. The van der Waals surface area contributed by atoms with Crippen LogP contribution in [0.15, 0.2) is 42.5 Å². The number of fused-ring (bicyclic) bond motifs is 3. The molecule has 0 bridgehead atoms. The van der Waals surface area contributed by atoms with Crippen LogP contribution < -0.4 is 20.1 Å². The third kappa shape index (κ3) is 2.71. The number of nitrogens with one attached hydrogen (secondary N) is 2. The van der Waals surface area contributed by atoms with Crippen LogP contribution in [0.2, 0.25) is 0 Å². The summed E-state index contributed by atoms with van der Waals surface area (Å²) in [5, 5.41) is 5.63. The molecule has 8 nitrogen and oxygen atoms in total. The number of hydrogen-bond donors (Lipinski definition) is 2. The van der Waals surface area contributed by atoms with Crippen LogP contribution in [-0.4, -0.2) is 35.6 Å². The molecule has 1 aliphatic carbocycles. The van der Waals surface area contributed by atoms with Crippen molar-refractivity contribution in [2.24, 2.45) is 0 Å². The Hall–Kier alpha value is -3.55. The molecule has 2 heterocycles. The number of aryl methyl sites for hydroxylation is 1. The number of anilines is 1. The normalized spacial score (nSPS) is 22.6. The third-order valence-electron chi connectivity index (χ3n) is 6.00. The number of benzene rings is 2. The van der Waals surface area contributed by atoms with Gasteiger partial charge in [0.15, 0.2) is 11.5 Å². The van der Waals surface area contributed by atoms with Gasteiger partial charge in [-0.15, -0.1) is 0 Å². The maximum atomic E-state index is 13.4. The Labute approximate surface area is 173 Å². The number of rotatable bonds is 3. The lowest BCUT2D eigenvalue weighted by molar-refractivity contribution is -0.137. The average Bonchev–Trinajstić information content (AvgIpc) is 3.30. The first-order chi connectivity index (χ1) is 14.5. The Balaban J connectivity index is 1.39. The Bertz CT molecular complexity index is 1070. The Morgan fingerprint density at radius 2 is 1.97 bits per heavy atom. The van der Waals surface area contributed by atoms with Gasteiger partial charge in [0.2, 0.25) is 12.7 Å². The van der Waals surface area contributed by atoms with Gasteiger partial charge in [-0.1, -0.05) is 24.3 Å². The summed E-state index contributed by atoms with van der Waals surface area (Å²) in [6, 6.07) is 11.2. The highest BCUT2D eigenvalue weighted by molar-refractivity contribution is 6.11. The summed E-state index contributed by atoms with van der Waals surface area (Å²) in [7, 11) is 0. The number of urea groups is 1. The number of imide groups is 1. The van der Waals surface area contributed by atoms with Gasteiger partial charge in [-0.2, -0.15) is 0 Å². The largest absolute Gasteiger partial charge is 0.454 e. The van der Waals surface area contributed by atoms with E-state index in [0.29, 0.717) is 23.6 Å². The SMILES string of the molecule is C[C@H](C(=O)Nc1ccc2c(c1)OCO2)N1C(=O)N[C@@]2(CCCc3ccccc32)C1=O. The molecule has 1 fully saturated rings. The number of amides is 4. The van der Waals surface area contributed by atoms with E-state index in [1.54, 1.807) is 25.1 Å². The van der Waals surface area contributed by atoms with Gasteiger partial charge in [-0.05, 0) is 49.4 Å². The maximum absolute atomic E-state index is 13.4. The molecule has 0 saturated carbocycles. The van der Waals surface area contributed by atoms with Gasteiger partial charge in [0.1, 0.15) is 11.6 Å². The van der Waals surface area contributed by atoms with Crippen LogP contribution in [0.5, 0.6) is 11.5 Å². The minimum absolute atomic E-state index is 0.134. The predicted octanol–water partition coefficient (Wildman–Crippen LogP) is 2.53. The van der Waals surface area contributed by atoms with Crippen LogP contribution in [0.4, 0.5) is 10.5 Å². The summed E-state index contributed by atoms with van der Waals surface area (Å²) < 4.78 is 10.6. The van der Waals surface area contributed by atoms with Crippen molar-refractivity contribution in [2.75, 3.05) is 12.1 Å². The second-order valence-electron chi connectivity index (χ2n) is 7.75. The summed E-state index contributed by atoms with van der Waals surface area (Å²) in [4.78, 5) is 40.1. The minimum Gasteiger partial charge on any atom is -0.454 e. The topological polar surface area (TPSA) is 97.0 Å². The fourth-order valence-corrected chi connectivity index (χ4v) is 4.47. The second kappa shape index (κ2) is 6.76. The van der Waals surface area contributed by atoms with Crippen molar-refractivity contribution in [1.82, 2.24) is 10.2 Å². The number of nitrogens with zero attached hydrogens (tertiary/aromatic N) is 1. The first kappa shape index (κ1) is 18.5. The molecule has 2 aromatic rings. The monoisotopic (exact) mass is 407 g/mol. The lowest BCUT2D eigenvalue weighted by atomic mass is 9.76. The maximum Gasteiger partial charge on any atom is 0.326 e. The van der Waals surface area contributed by atoms with Gasteiger partial charge in [0.25, 0.3) is 5.91 Å². The highest BCUT2D eigenvalue weighted by Crippen LogP contribution is 2.40. The van der Waals surface area contributed by atoms with E-state index in [9.17, 15) is 14.4 Å². The van der Waals surface area contributed by atoms with Crippen molar-refractivity contribution in [3.63, 3.8) is 0 Å². The van der Waals surface area contributed by atoms with Crippen molar-refractivity contribution in [3.8, 4) is 11.5 Å². The van der Waals surface area contributed by atoms with Crippen molar-refractivity contribution in [1.29, 1.82) is 0 Å². The molecule has 30 heavy (non-hydrogen) atoms. The van der Waals surface area contributed by atoms with Gasteiger partial charge in [0.05, 0.1) is 0 Å². The van der Waals surface area contributed by atoms with E-state index >= 15 is 0 Å². The number of ether oxygens (including phenoxy) is 2. The molecule has 0 radical (unpaired) electrons. The standard InChI is InChI=1S/C22H21N3O5/c1-13(19(26)23-15-8-9-17-18(11-15)30-12-29-17)25-20(27)22(24-21(25)28)10-4-6-14-5-2-3-7-16(14)22/h2-3,5,7-9,11,13H,4,6,10,12H2,1H3,(H,23,26)(H,24,28)/t13-,22-/m1/s1. The molecule has 2 aliphatic heterocycles. The summed E-state index contributed by atoms with van der Waals surface area (Å²) in [6.07, 6.45) is 2.16. The second-order valence-corrected chi connectivity index (χ2v) is 7.75. The number of carbonyl (C=O) groups is 3. The lowest BCUT2D eigenvalue weighted by Crippen LogP contribution is -2.49. The van der Waals surface area contributed by atoms with Crippen LogP contribution in [0.1, 0.15) is 30.9 Å². The third-order valence-corrected chi connectivity index (χ3v) is 6.00. The molecule has 1 spiro atoms. The van der Waals surface area contributed by atoms with Crippen LogP contribution in [0.3, 0.4) is 0 Å². The molecule has 2 aromatic carbocycles. The summed E-state index contributed by atoms with van der Waals surface area (Å²) in [5.41, 5.74) is 1.28. The highest BCUT2D eigenvalue weighted by Gasteiger charge is 2.55. The van der Waals surface area contributed by atoms with E-state index in [0.717, 1.165) is 28.9 Å². The predicted molar refractivity (Wildman–Crippen MR) is 107 cm³/mol. The average molecular weight is 407 g/mol. The molecular weight excluding hydrogens is 386 g/mol. The molecule has 3 aliphatic rings. The number of hydrogen-bond acceptors (Lipinski definition) is 5. The van der Waals surface area contributed by atoms with E-state index in [4.69, 9.17) is 9.47 Å². The molecule has 4 amide bonds. The van der Waals surface area contributed by atoms with Crippen LogP contribution in [-0.2, 0) is 21.5 Å². The quantitative estimate of drug-likeness (QED) is 0.762. The van der Waals surface area contributed by atoms with Crippen LogP contribution in [0.25, 0.3) is 0 Å². The van der Waals surface area contributed by atoms with Crippen LogP contribution >= 0.6 is 0 Å². The smallest absolute Gasteiger partial charge is 0.326 e. The molecule has 0 unspecified atom stereocenters. The van der Waals surface area contributed by atoms with E-state index in [2.05, 4.69) is 10.6 Å². The molecule has 8 heteroatoms. The van der Waals surface area contributed by atoms with E-state index in [-0.39, 0.29) is 12.7 Å². The fraction of sp³-hybridized carbons (Fsp3) is 0.318. The minimum atomic E-state index is -1.10. The zero-order valence-electron chi connectivity index (χ0n) is 16.4. The zero-order valence-corrected chi connectivity index (χ0v) is 16.4. The van der Waals surface area contributed by atoms with Gasteiger partial charge < -0.3 is 20.1 Å². The summed E-state index contributed by atoms with van der Waals surface area (Å²) in [5.74, 6) is 0.299. The molecular formula is C22H21N3O5. The molecule has 5 rings (SSSR count). The van der Waals surface area contributed by atoms with E-state index in [1.807, 2.05) is 24.3 Å². The first-order valence-corrected chi connectivity index (χ1v) is 9.94. The molecule has 0 aromatic heterocycles. The van der Waals surface area contributed by atoms with E-state index in [1.165, 1.54) is 0 Å². The zero-order chi connectivity index (χ0) is 20.9. The van der Waals surface area contributed by atoms with Gasteiger partial charge >= 0.3 is 6.03 Å². The molecule has 2 N–H and O–H groups in total. The first-order valence-electron chi connectivity index (χ1n) is 9.94. The van der Waals surface area contributed by atoms with Gasteiger partial charge in [0, 0.05) is 11.8 Å². The fourth-order valence-electron chi connectivity index (χ4n) is 4.47. The molecule has 154 valence electrons. The van der Waals surface area contributed by atoms with Crippen LogP contribution in [0, 0.1) is 0 Å². The Morgan fingerprint density at radius 3 is 2.83 bits per heavy atom.